The van der Waals surface area contributed by atoms with Crippen molar-refractivity contribution in [3.63, 3.8) is 0 Å². The van der Waals surface area contributed by atoms with Gasteiger partial charge in [-0.25, -0.2) is 4.98 Å². The molecular weight excluding hydrogens is 254 g/mol. The van der Waals surface area contributed by atoms with Crippen molar-refractivity contribution in [2.75, 3.05) is 24.2 Å². The second-order valence-electron chi connectivity index (χ2n) is 4.42. The molecule has 0 aliphatic rings. The maximum absolute atomic E-state index is 11.8. The van der Waals surface area contributed by atoms with Gasteiger partial charge < -0.3 is 16.0 Å². The molecular formula is C14H19N5O. The van der Waals surface area contributed by atoms with Gasteiger partial charge in [-0.2, -0.15) is 4.98 Å². The largest absolute Gasteiger partial charge is 0.358 e. The summed E-state index contributed by atoms with van der Waals surface area (Å²) in [5.74, 6) is 1.12. The Hall–Kier alpha value is -2.37. The molecule has 1 amide bonds. The lowest BCUT2D eigenvalue weighted by molar-refractivity contribution is -0.121. The predicted octanol–water partition coefficient (Wildman–Crippen LogP) is 1.61. The Morgan fingerprint density at radius 1 is 1.30 bits per heavy atom. The molecule has 0 saturated heterocycles. The molecule has 2 aromatic rings. The van der Waals surface area contributed by atoms with E-state index in [1.54, 1.807) is 14.0 Å². The number of aromatic nitrogens is 2. The number of nitrogens with one attached hydrogen (secondary N) is 3. The second kappa shape index (κ2) is 6.18. The van der Waals surface area contributed by atoms with E-state index in [2.05, 4.69) is 25.9 Å². The highest BCUT2D eigenvalue weighted by molar-refractivity contribution is 5.92. The molecule has 0 saturated carbocycles. The van der Waals surface area contributed by atoms with E-state index in [-0.39, 0.29) is 11.9 Å². The third-order valence-corrected chi connectivity index (χ3v) is 2.92. The van der Waals surface area contributed by atoms with E-state index in [1.165, 1.54) is 0 Å². The van der Waals surface area contributed by atoms with Crippen LogP contribution >= 0.6 is 0 Å². The number of hydrogen-bond donors (Lipinski definition) is 3. The number of amides is 1. The third-order valence-electron chi connectivity index (χ3n) is 2.92. The monoisotopic (exact) mass is 273 g/mol. The molecule has 3 N–H and O–H groups in total. The maximum atomic E-state index is 11.8. The quantitative estimate of drug-likeness (QED) is 0.771. The van der Waals surface area contributed by atoms with Crippen molar-refractivity contribution >= 4 is 28.6 Å². The third kappa shape index (κ3) is 2.96. The van der Waals surface area contributed by atoms with Gasteiger partial charge in [-0.15, -0.1) is 0 Å². The molecule has 0 fully saturated rings. The lowest BCUT2D eigenvalue weighted by Gasteiger charge is -2.16. The number of carbonyl (C=O) groups excluding carboxylic acids is 1. The topological polar surface area (TPSA) is 78.9 Å². The Morgan fingerprint density at radius 2 is 2.05 bits per heavy atom. The number of rotatable bonds is 5. The number of likely N-dealkylation sites (N-methyl/N-ethyl adjacent to an activating group) is 1. The van der Waals surface area contributed by atoms with Gasteiger partial charge in [0, 0.05) is 19.0 Å². The van der Waals surface area contributed by atoms with Crippen LogP contribution in [0.2, 0.25) is 0 Å². The molecule has 1 unspecified atom stereocenters. The Labute approximate surface area is 118 Å². The van der Waals surface area contributed by atoms with Crippen LogP contribution in [0.5, 0.6) is 0 Å². The number of nitrogens with zero attached hydrogens (tertiary/aromatic N) is 2. The van der Waals surface area contributed by atoms with E-state index in [4.69, 9.17) is 0 Å². The first-order chi connectivity index (χ1) is 9.65. The zero-order valence-corrected chi connectivity index (χ0v) is 11.9. The summed E-state index contributed by atoms with van der Waals surface area (Å²) in [6, 6.07) is 7.33. The molecule has 6 heteroatoms. The van der Waals surface area contributed by atoms with Crippen molar-refractivity contribution in [1.29, 1.82) is 0 Å². The normalized spacial score (nSPS) is 11.9. The molecule has 1 heterocycles. The predicted molar refractivity (Wildman–Crippen MR) is 80.9 cm³/mol. The van der Waals surface area contributed by atoms with Gasteiger partial charge in [0.1, 0.15) is 11.9 Å². The molecule has 0 aliphatic heterocycles. The van der Waals surface area contributed by atoms with Gasteiger partial charge in [-0.3, -0.25) is 4.79 Å². The highest BCUT2D eigenvalue weighted by Gasteiger charge is 2.14. The molecule has 0 radical (unpaired) electrons. The molecule has 1 aromatic heterocycles. The highest BCUT2D eigenvalue weighted by Crippen LogP contribution is 2.22. The molecule has 6 nitrogen and oxygen atoms in total. The second-order valence-corrected chi connectivity index (χ2v) is 4.42. The Bertz CT molecular complexity index is 614. The lowest BCUT2D eigenvalue weighted by atomic mass is 10.2. The van der Waals surface area contributed by atoms with Gasteiger partial charge in [-0.1, -0.05) is 12.1 Å². The van der Waals surface area contributed by atoms with Crippen LogP contribution in [0, 0.1) is 0 Å². The first-order valence-electron chi connectivity index (χ1n) is 6.64. The SMILES string of the molecule is CCNC(=O)C(C)Nc1nc(NC)nc2ccccc12. The molecule has 0 spiro atoms. The highest BCUT2D eigenvalue weighted by atomic mass is 16.2. The average molecular weight is 273 g/mol. The van der Waals surface area contributed by atoms with Gasteiger partial charge in [-0.05, 0) is 26.0 Å². The fourth-order valence-corrected chi connectivity index (χ4v) is 1.90. The minimum absolute atomic E-state index is 0.0544. The van der Waals surface area contributed by atoms with E-state index >= 15 is 0 Å². The van der Waals surface area contributed by atoms with Crippen LogP contribution in [0.3, 0.4) is 0 Å². The van der Waals surface area contributed by atoms with Crippen molar-refractivity contribution < 1.29 is 4.79 Å². The van der Waals surface area contributed by atoms with Crippen molar-refractivity contribution in [3.05, 3.63) is 24.3 Å². The fraction of sp³-hybridized carbons (Fsp3) is 0.357. The molecule has 1 atom stereocenters. The zero-order valence-electron chi connectivity index (χ0n) is 11.9. The van der Waals surface area contributed by atoms with Crippen LogP contribution in [0.15, 0.2) is 24.3 Å². The Kier molecular flexibility index (Phi) is 4.34. The van der Waals surface area contributed by atoms with E-state index < -0.39 is 0 Å². The van der Waals surface area contributed by atoms with E-state index in [0.717, 1.165) is 10.9 Å². The summed E-state index contributed by atoms with van der Waals surface area (Å²) < 4.78 is 0. The van der Waals surface area contributed by atoms with Gasteiger partial charge in [0.2, 0.25) is 11.9 Å². The summed E-state index contributed by atoms with van der Waals surface area (Å²) in [7, 11) is 1.76. The standard InChI is InChI=1S/C14H19N5O/c1-4-16-13(20)9(2)17-12-10-7-5-6-8-11(10)18-14(15-3)19-12/h5-9H,4H2,1-3H3,(H,16,20)(H2,15,17,18,19). The van der Waals surface area contributed by atoms with E-state index in [0.29, 0.717) is 18.3 Å². The maximum Gasteiger partial charge on any atom is 0.242 e. The number of carbonyl (C=O) groups is 1. The molecule has 106 valence electrons. The smallest absolute Gasteiger partial charge is 0.242 e. The summed E-state index contributed by atoms with van der Waals surface area (Å²) in [6.07, 6.45) is 0. The molecule has 1 aromatic carbocycles. The number of hydrogen-bond acceptors (Lipinski definition) is 5. The van der Waals surface area contributed by atoms with Gasteiger partial charge in [0.15, 0.2) is 0 Å². The minimum Gasteiger partial charge on any atom is -0.358 e. The molecule has 20 heavy (non-hydrogen) atoms. The summed E-state index contributed by atoms with van der Waals surface area (Å²) in [4.78, 5) is 20.6. The number of fused-ring (bicyclic) bond motifs is 1. The summed E-state index contributed by atoms with van der Waals surface area (Å²) in [6.45, 7) is 4.31. The van der Waals surface area contributed by atoms with Crippen LogP contribution in [-0.4, -0.2) is 35.5 Å². The lowest BCUT2D eigenvalue weighted by Crippen LogP contribution is -2.37. The molecule has 2 rings (SSSR count). The van der Waals surface area contributed by atoms with Crippen molar-refractivity contribution in [2.45, 2.75) is 19.9 Å². The summed E-state index contributed by atoms with van der Waals surface area (Å²) in [5, 5.41) is 9.74. The van der Waals surface area contributed by atoms with E-state index in [1.807, 2.05) is 31.2 Å². The van der Waals surface area contributed by atoms with Crippen LogP contribution in [0.25, 0.3) is 10.9 Å². The first kappa shape index (κ1) is 14.0. The van der Waals surface area contributed by atoms with Crippen LogP contribution in [-0.2, 0) is 4.79 Å². The van der Waals surface area contributed by atoms with Crippen LogP contribution in [0.1, 0.15) is 13.8 Å². The summed E-state index contributed by atoms with van der Waals surface area (Å²) in [5.41, 5.74) is 0.831. The summed E-state index contributed by atoms with van der Waals surface area (Å²) >= 11 is 0. The fourth-order valence-electron chi connectivity index (χ4n) is 1.90. The number of benzene rings is 1. The molecule has 0 bridgehead atoms. The van der Waals surface area contributed by atoms with E-state index in [9.17, 15) is 4.79 Å². The first-order valence-corrected chi connectivity index (χ1v) is 6.64. The van der Waals surface area contributed by atoms with Crippen LogP contribution in [0.4, 0.5) is 11.8 Å². The van der Waals surface area contributed by atoms with Crippen molar-refractivity contribution in [3.8, 4) is 0 Å². The Morgan fingerprint density at radius 3 is 2.75 bits per heavy atom. The van der Waals surface area contributed by atoms with Crippen LogP contribution < -0.4 is 16.0 Å². The van der Waals surface area contributed by atoms with Crippen molar-refractivity contribution in [1.82, 2.24) is 15.3 Å². The zero-order chi connectivity index (χ0) is 14.5. The minimum atomic E-state index is -0.363. The van der Waals surface area contributed by atoms with Gasteiger partial charge in [0.25, 0.3) is 0 Å². The average Bonchev–Trinajstić information content (AvgIpc) is 2.47. The number of para-hydroxylation sites is 1. The number of anilines is 2. The van der Waals surface area contributed by atoms with Gasteiger partial charge >= 0.3 is 0 Å². The van der Waals surface area contributed by atoms with Crippen molar-refractivity contribution in [2.24, 2.45) is 0 Å². The Balaban J connectivity index is 2.35. The molecule has 0 aliphatic carbocycles. The van der Waals surface area contributed by atoms with Gasteiger partial charge in [0.05, 0.1) is 5.52 Å².